The zero-order chi connectivity index (χ0) is 17.1. The van der Waals surface area contributed by atoms with Gasteiger partial charge in [-0.3, -0.25) is 9.59 Å². The molecule has 1 aromatic heterocycles. The van der Waals surface area contributed by atoms with Crippen LogP contribution in [-0.4, -0.2) is 19.7 Å². The maximum Gasteiger partial charge on any atom is 0.310 e. The SMILES string of the molecule is C#CCOc1ccc2c(=O)c3cccc(CC(=O)OC)c3oc2c1. The number of benzene rings is 2. The summed E-state index contributed by atoms with van der Waals surface area (Å²) in [7, 11) is 1.31. The molecule has 0 N–H and O–H groups in total. The van der Waals surface area contributed by atoms with Crippen molar-refractivity contribution < 1.29 is 18.7 Å². The predicted octanol–water partition coefficient (Wildman–Crippen LogP) is 2.67. The van der Waals surface area contributed by atoms with Crippen LogP contribution in [0.2, 0.25) is 0 Å². The van der Waals surface area contributed by atoms with E-state index < -0.39 is 5.97 Å². The zero-order valence-corrected chi connectivity index (χ0v) is 13.0. The molecule has 0 saturated heterocycles. The van der Waals surface area contributed by atoms with Gasteiger partial charge in [0.05, 0.1) is 24.3 Å². The monoisotopic (exact) mass is 322 g/mol. The molecule has 2 aromatic carbocycles. The van der Waals surface area contributed by atoms with Gasteiger partial charge in [-0.2, -0.15) is 0 Å². The number of esters is 1. The molecular weight excluding hydrogens is 308 g/mol. The zero-order valence-electron chi connectivity index (χ0n) is 13.0. The highest BCUT2D eigenvalue weighted by Crippen LogP contribution is 2.25. The van der Waals surface area contributed by atoms with Gasteiger partial charge in [0, 0.05) is 11.6 Å². The number of carbonyl (C=O) groups is 1. The highest BCUT2D eigenvalue weighted by atomic mass is 16.5. The standard InChI is InChI=1S/C19H14O5/c1-3-9-23-13-7-8-14-16(11-13)24-19-12(10-17(20)22-2)5-4-6-15(19)18(14)21/h1,4-8,11H,9-10H2,2H3. The van der Waals surface area contributed by atoms with Gasteiger partial charge >= 0.3 is 5.97 Å². The molecule has 0 radical (unpaired) electrons. The molecule has 0 bridgehead atoms. The molecule has 0 fully saturated rings. The van der Waals surface area contributed by atoms with Crippen molar-refractivity contribution in [3.63, 3.8) is 0 Å². The van der Waals surface area contributed by atoms with Crippen LogP contribution >= 0.6 is 0 Å². The van der Waals surface area contributed by atoms with E-state index in [1.54, 1.807) is 36.4 Å². The Labute approximate surface area is 137 Å². The van der Waals surface area contributed by atoms with Gasteiger partial charge in [0.1, 0.15) is 23.5 Å². The highest BCUT2D eigenvalue weighted by Gasteiger charge is 2.14. The second kappa shape index (κ2) is 6.47. The van der Waals surface area contributed by atoms with Crippen LogP contribution in [0.25, 0.3) is 21.9 Å². The number of hydrogen-bond donors (Lipinski definition) is 0. The highest BCUT2D eigenvalue weighted by molar-refractivity contribution is 5.92. The molecule has 0 aliphatic carbocycles. The summed E-state index contributed by atoms with van der Waals surface area (Å²) in [6, 6.07) is 10.0. The molecular formula is C19H14O5. The largest absolute Gasteiger partial charge is 0.481 e. The second-order valence-corrected chi connectivity index (χ2v) is 5.13. The van der Waals surface area contributed by atoms with Crippen molar-refractivity contribution in [2.45, 2.75) is 6.42 Å². The van der Waals surface area contributed by atoms with Crippen molar-refractivity contribution in [1.29, 1.82) is 0 Å². The Hall–Kier alpha value is -3.26. The van der Waals surface area contributed by atoms with E-state index in [1.807, 2.05) is 0 Å². The minimum atomic E-state index is -0.406. The molecule has 3 rings (SSSR count). The van der Waals surface area contributed by atoms with Crippen molar-refractivity contribution in [3.05, 3.63) is 52.2 Å². The molecule has 0 aliphatic heterocycles. The van der Waals surface area contributed by atoms with E-state index in [2.05, 4.69) is 10.7 Å². The van der Waals surface area contributed by atoms with Crippen LogP contribution in [0, 0.1) is 12.3 Å². The number of terminal acetylenes is 1. The van der Waals surface area contributed by atoms with Gasteiger partial charge in [0.25, 0.3) is 0 Å². The first-order valence-electron chi connectivity index (χ1n) is 7.25. The molecule has 3 aromatic rings. The van der Waals surface area contributed by atoms with Gasteiger partial charge in [0.15, 0.2) is 0 Å². The summed E-state index contributed by atoms with van der Waals surface area (Å²) in [5.41, 5.74) is 1.17. The third-order valence-electron chi connectivity index (χ3n) is 3.64. The molecule has 5 nitrogen and oxygen atoms in total. The molecule has 0 amide bonds. The van der Waals surface area contributed by atoms with Gasteiger partial charge in [-0.1, -0.05) is 18.1 Å². The van der Waals surface area contributed by atoms with Gasteiger partial charge in [-0.25, -0.2) is 0 Å². The first-order chi connectivity index (χ1) is 11.6. The van der Waals surface area contributed by atoms with Gasteiger partial charge in [0.2, 0.25) is 5.43 Å². The van der Waals surface area contributed by atoms with Crippen molar-refractivity contribution in [3.8, 4) is 18.1 Å². The number of hydrogen-bond acceptors (Lipinski definition) is 5. The molecule has 1 heterocycles. The molecule has 24 heavy (non-hydrogen) atoms. The molecule has 0 saturated carbocycles. The Kier molecular flexibility index (Phi) is 4.21. The van der Waals surface area contributed by atoms with Crippen LogP contribution in [0.15, 0.2) is 45.6 Å². The second-order valence-electron chi connectivity index (χ2n) is 5.13. The average molecular weight is 322 g/mol. The van der Waals surface area contributed by atoms with E-state index in [0.717, 1.165) is 0 Å². The van der Waals surface area contributed by atoms with Crippen molar-refractivity contribution in [2.75, 3.05) is 13.7 Å². The minimum Gasteiger partial charge on any atom is -0.481 e. The lowest BCUT2D eigenvalue weighted by Gasteiger charge is -2.08. The number of ether oxygens (including phenoxy) is 2. The quantitative estimate of drug-likeness (QED) is 0.420. The van der Waals surface area contributed by atoms with Crippen LogP contribution < -0.4 is 10.2 Å². The first kappa shape index (κ1) is 15.6. The number of methoxy groups -OCH3 is 1. The van der Waals surface area contributed by atoms with E-state index in [9.17, 15) is 9.59 Å². The summed E-state index contributed by atoms with van der Waals surface area (Å²) in [5.74, 6) is 2.48. The van der Waals surface area contributed by atoms with E-state index >= 15 is 0 Å². The van der Waals surface area contributed by atoms with E-state index in [-0.39, 0.29) is 18.5 Å². The number of para-hydroxylation sites is 1. The van der Waals surface area contributed by atoms with Gasteiger partial charge in [-0.05, 0) is 18.2 Å². The van der Waals surface area contributed by atoms with E-state index in [1.165, 1.54) is 7.11 Å². The Morgan fingerprint density at radius 2 is 2.08 bits per heavy atom. The van der Waals surface area contributed by atoms with Gasteiger partial charge in [-0.15, -0.1) is 6.42 Å². The summed E-state index contributed by atoms with van der Waals surface area (Å²) < 4.78 is 15.9. The number of carbonyl (C=O) groups excluding carboxylic acids is 1. The lowest BCUT2D eigenvalue weighted by Crippen LogP contribution is -2.08. The molecule has 120 valence electrons. The Balaban J connectivity index is 2.21. The maximum atomic E-state index is 12.7. The minimum absolute atomic E-state index is 0.0234. The van der Waals surface area contributed by atoms with Crippen LogP contribution in [0.5, 0.6) is 5.75 Å². The molecule has 0 aliphatic rings. The van der Waals surface area contributed by atoms with Crippen molar-refractivity contribution in [2.24, 2.45) is 0 Å². The topological polar surface area (TPSA) is 65.7 Å². The molecule has 0 unspecified atom stereocenters. The summed E-state index contributed by atoms with van der Waals surface area (Å²) >= 11 is 0. The maximum absolute atomic E-state index is 12.7. The third kappa shape index (κ3) is 2.82. The Morgan fingerprint density at radius 1 is 1.25 bits per heavy atom. The fraction of sp³-hybridized carbons (Fsp3) is 0.158. The van der Waals surface area contributed by atoms with Crippen LogP contribution in [0.1, 0.15) is 5.56 Å². The molecule has 0 atom stereocenters. The first-order valence-corrected chi connectivity index (χ1v) is 7.25. The van der Waals surface area contributed by atoms with Crippen LogP contribution in [0.3, 0.4) is 0 Å². The smallest absolute Gasteiger partial charge is 0.310 e. The van der Waals surface area contributed by atoms with E-state index in [4.69, 9.17) is 15.6 Å². The van der Waals surface area contributed by atoms with Crippen LogP contribution in [-0.2, 0) is 16.0 Å². The lowest BCUT2D eigenvalue weighted by molar-refractivity contribution is -0.139. The van der Waals surface area contributed by atoms with Crippen LogP contribution in [0.4, 0.5) is 0 Å². The van der Waals surface area contributed by atoms with Gasteiger partial charge < -0.3 is 13.9 Å². The number of fused-ring (bicyclic) bond motifs is 2. The molecule has 5 heteroatoms. The van der Waals surface area contributed by atoms with Crippen molar-refractivity contribution in [1.82, 2.24) is 0 Å². The third-order valence-corrected chi connectivity index (χ3v) is 3.64. The fourth-order valence-corrected chi connectivity index (χ4v) is 2.50. The van der Waals surface area contributed by atoms with E-state index in [0.29, 0.717) is 33.3 Å². The van der Waals surface area contributed by atoms with Crippen molar-refractivity contribution >= 4 is 27.9 Å². The fourth-order valence-electron chi connectivity index (χ4n) is 2.50. The lowest BCUT2D eigenvalue weighted by atomic mass is 10.1. The normalized spacial score (nSPS) is 10.5. The summed E-state index contributed by atoms with van der Waals surface area (Å²) in [6.07, 6.45) is 5.20. The Bertz CT molecular complexity index is 1020. The Morgan fingerprint density at radius 3 is 2.83 bits per heavy atom. The average Bonchev–Trinajstić information content (AvgIpc) is 2.60. The predicted molar refractivity (Wildman–Crippen MR) is 90.0 cm³/mol. The molecule has 0 spiro atoms. The number of rotatable bonds is 4. The summed E-state index contributed by atoms with van der Waals surface area (Å²) in [6.45, 7) is 0.122. The summed E-state index contributed by atoms with van der Waals surface area (Å²) in [4.78, 5) is 24.2. The summed E-state index contributed by atoms with van der Waals surface area (Å²) in [5, 5.41) is 0.854.